The minimum absolute atomic E-state index is 0.0821. The lowest BCUT2D eigenvalue weighted by Crippen LogP contribution is -2.35. The first-order valence-electron chi connectivity index (χ1n) is 5.09. The Labute approximate surface area is 106 Å². The van der Waals surface area contributed by atoms with Crippen LogP contribution < -0.4 is 10.6 Å². The molecular weight excluding hydrogens is 266 g/mol. The lowest BCUT2D eigenvalue weighted by molar-refractivity contribution is -0.126. The number of carbonyl (C=O) groups excluding carboxylic acids is 1. The van der Waals surface area contributed by atoms with E-state index in [9.17, 15) is 22.4 Å². The van der Waals surface area contributed by atoms with Crippen molar-refractivity contribution in [2.24, 2.45) is 0 Å². The van der Waals surface area contributed by atoms with Gasteiger partial charge in [-0.05, 0) is 12.1 Å². The van der Waals surface area contributed by atoms with Gasteiger partial charge in [0.15, 0.2) is 0 Å². The molecule has 8 heteroatoms. The molecule has 19 heavy (non-hydrogen) atoms. The van der Waals surface area contributed by atoms with Crippen LogP contribution in [-0.4, -0.2) is 25.2 Å². The highest BCUT2D eigenvalue weighted by molar-refractivity contribution is 5.93. The number of hydrogen-bond acceptors (Lipinski definition) is 3. The van der Waals surface area contributed by atoms with Crippen LogP contribution >= 0.6 is 0 Å². The van der Waals surface area contributed by atoms with E-state index in [1.54, 1.807) is 6.07 Å². The van der Waals surface area contributed by atoms with Crippen LogP contribution in [-0.2, 0) is 4.79 Å². The Kier molecular flexibility index (Phi) is 4.83. The van der Waals surface area contributed by atoms with E-state index >= 15 is 0 Å². The third-order valence-corrected chi connectivity index (χ3v) is 2.01. The minimum Gasteiger partial charge on any atom is -0.324 e. The average Bonchev–Trinajstić information content (AvgIpc) is 2.27. The molecule has 0 saturated carbocycles. The molecule has 1 aromatic rings. The summed E-state index contributed by atoms with van der Waals surface area (Å²) in [4.78, 5) is 11.3. The lowest BCUT2D eigenvalue weighted by Gasteiger charge is -2.09. The first-order chi connectivity index (χ1) is 8.83. The zero-order chi connectivity index (χ0) is 14.5. The van der Waals surface area contributed by atoms with Gasteiger partial charge in [-0.3, -0.25) is 4.79 Å². The third-order valence-electron chi connectivity index (χ3n) is 2.01. The summed E-state index contributed by atoms with van der Waals surface area (Å²) in [6.45, 7) is -1.91. The minimum atomic E-state index is -4.42. The fourth-order valence-electron chi connectivity index (χ4n) is 1.25. The highest BCUT2D eigenvalue weighted by Gasteiger charge is 2.26. The van der Waals surface area contributed by atoms with Crippen molar-refractivity contribution in [3.63, 3.8) is 0 Å². The van der Waals surface area contributed by atoms with E-state index in [1.165, 1.54) is 12.1 Å². The quantitative estimate of drug-likeness (QED) is 0.823. The second-order valence-electron chi connectivity index (χ2n) is 3.54. The SMILES string of the molecule is N#Cc1c(F)cccc1NC(=O)CNCC(F)(F)F. The monoisotopic (exact) mass is 275 g/mol. The molecule has 1 amide bonds. The number of alkyl halides is 3. The van der Waals surface area contributed by atoms with Crippen LogP contribution in [0.25, 0.3) is 0 Å². The lowest BCUT2D eigenvalue weighted by atomic mass is 10.2. The van der Waals surface area contributed by atoms with Gasteiger partial charge in [-0.15, -0.1) is 0 Å². The van der Waals surface area contributed by atoms with E-state index in [0.29, 0.717) is 0 Å². The summed E-state index contributed by atoms with van der Waals surface area (Å²) in [7, 11) is 0. The van der Waals surface area contributed by atoms with Crippen molar-refractivity contribution in [2.75, 3.05) is 18.4 Å². The van der Waals surface area contributed by atoms with E-state index in [0.717, 1.165) is 6.07 Å². The number of benzene rings is 1. The van der Waals surface area contributed by atoms with Gasteiger partial charge in [-0.1, -0.05) is 6.07 Å². The van der Waals surface area contributed by atoms with Crippen LogP contribution in [0.4, 0.5) is 23.2 Å². The van der Waals surface area contributed by atoms with Gasteiger partial charge in [0.2, 0.25) is 5.91 Å². The van der Waals surface area contributed by atoms with Gasteiger partial charge in [0.1, 0.15) is 17.4 Å². The van der Waals surface area contributed by atoms with Crippen LogP contribution in [0.15, 0.2) is 18.2 Å². The van der Waals surface area contributed by atoms with Crippen molar-refractivity contribution in [3.8, 4) is 6.07 Å². The molecule has 2 N–H and O–H groups in total. The second kappa shape index (κ2) is 6.15. The predicted octanol–water partition coefficient (Wildman–Crippen LogP) is 1.79. The van der Waals surface area contributed by atoms with Gasteiger partial charge in [-0.2, -0.15) is 18.4 Å². The average molecular weight is 275 g/mol. The summed E-state index contributed by atoms with van der Waals surface area (Å²) < 4.78 is 48.6. The van der Waals surface area contributed by atoms with Crippen LogP contribution in [0.3, 0.4) is 0 Å². The van der Waals surface area contributed by atoms with Gasteiger partial charge in [0, 0.05) is 0 Å². The highest BCUT2D eigenvalue weighted by Crippen LogP contribution is 2.17. The molecular formula is C11H9F4N3O. The fourth-order valence-corrected chi connectivity index (χ4v) is 1.25. The molecule has 0 heterocycles. The van der Waals surface area contributed by atoms with Crippen molar-refractivity contribution >= 4 is 11.6 Å². The fraction of sp³-hybridized carbons (Fsp3) is 0.273. The van der Waals surface area contributed by atoms with Crippen molar-refractivity contribution in [1.82, 2.24) is 5.32 Å². The van der Waals surface area contributed by atoms with Gasteiger partial charge in [0.25, 0.3) is 0 Å². The number of halogens is 4. The zero-order valence-electron chi connectivity index (χ0n) is 9.51. The maximum Gasteiger partial charge on any atom is 0.401 e. The Morgan fingerprint density at radius 1 is 1.37 bits per heavy atom. The van der Waals surface area contributed by atoms with Crippen LogP contribution in [0, 0.1) is 17.1 Å². The standard InChI is InChI=1S/C11H9F4N3O/c12-8-2-1-3-9(7(8)4-16)18-10(19)5-17-6-11(13,14)15/h1-3,17H,5-6H2,(H,18,19). The van der Waals surface area contributed by atoms with E-state index in [-0.39, 0.29) is 11.3 Å². The van der Waals surface area contributed by atoms with Crippen LogP contribution in [0.2, 0.25) is 0 Å². The Bertz CT molecular complexity index is 508. The molecule has 1 aromatic carbocycles. The summed E-state index contributed by atoms with van der Waals surface area (Å²) in [6, 6.07) is 5.15. The first-order valence-corrected chi connectivity index (χ1v) is 5.09. The normalized spacial score (nSPS) is 10.9. The summed E-state index contributed by atoms with van der Waals surface area (Å²) >= 11 is 0. The zero-order valence-corrected chi connectivity index (χ0v) is 9.51. The second-order valence-corrected chi connectivity index (χ2v) is 3.54. The molecule has 0 saturated heterocycles. The van der Waals surface area contributed by atoms with E-state index < -0.39 is 31.0 Å². The number of rotatable bonds is 4. The number of nitrogens with zero attached hydrogens (tertiary/aromatic N) is 1. The van der Waals surface area contributed by atoms with Crippen molar-refractivity contribution in [2.45, 2.75) is 6.18 Å². The largest absolute Gasteiger partial charge is 0.401 e. The molecule has 102 valence electrons. The van der Waals surface area contributed by atoms with Gasteiger partial charge in [-0.25, -0.2) is 4.39 Å². The summed E-state index contributed by atoms with van der Waals surface area (Å²) in [6.07, 6.45) is -4.42. The van der Waals surface area contributed by atoms with Crippen molar-refractivity contribution in [3.05, 3.63) is 29.6 Å². The number of carbonyl (C=O) groups is 1. The Morgan fingerprint density at radius 3 is 2.63 bits per heavy atom. The molecule has 4 nitrogen and oxygen atoms in total. The predicted molar refractivity (Wildman–Crippen MR) is 58.7 cm³/mol. The summed E-state index contributed by atoms with van der Waals surface area (Å²) in [5.74, 6) is -1.62. The molecule has 0 aromatic heterocycles. The number of nitrogens with one attached hydrogen (secondary N) is 2. The molecule has 0 spiro atoms. The van der Waals surface area contributed by atoms with Crippen molar-refractivity contribution < 1.29 is 22.4 Å². The molecule has 0 atom stereocenters. The van der Waals surface area contributed by atoms with E-state index in [2.05, 4.69) is 5.32 Å². The molecule has 0 aliphatic heterocycles. The van der Waals surface area contributed by atoms with Crippen LogP contribution in [0.5, 0.6) is 0 Å². The smallest absolute Gasteiger partial charge is 0.324 e. The molecule has 0 unspecified atom stereocenters. The molecule has 0 aliphatic carbocycles. The van der Waals surface area contributed by atoms with Crippen LogP contribution in [0.1, 0.15) is 5.56 Å². The molecule has 0 fully saturated rings. The molecule has 0 aliphatic rings. The number of hydrogen-bond donors (Lipinski definition) is 2. The molecule has 0 radical (unpaired) electrons. The number of nitriles is 1. The summed E-state index contributed by atoms with van der Waals surface area (Å²) in [5.41, 5.74) is -0.451. The van der Waals surface area contributed by atoms with E-state index in [1.807, 2.05) is 5.32 Å². The maximum atomic E-state index is 13.2. The van der Waals surface area contributed by atoms with Gasteiger partial charge < -0.3 is 10.6 Å². The highest BCUT2D eigenvalue weighted by atomic mass is 19.4. The molecule has 0 bridgehead atoms. The van der Waals surface area contributed by atoms with Crippen molar-refractivity contribution in [1.29, 1.82) is 5.26 Å². The van der Waals surface area contributed by atoms with Gasteiger partial charge >= 0.3 is 6.18 Å². The molecule has 1 rings (SSSR count). The summed E-state index contributed by atoms with van der Waals surface area (Å²) in [5, 5.41) is 12.7. The van der Waals surface area contributed by atoms with Gasteiger partial charge in [0.05, 0.1) is 18.8 Å². The Hall–Kier alpha value is -2.14. The Balaban J connectivity index is 2.59. The topological polar surface area (TPSA) is 64.9 Å². The van der Waals surface area contributed by atoms with E-state index in [4.69, 9.17) is 5.26 Å². The number of anilines is 1. The Morgan fingerprint density at radius 2 is 2.05 bits per heavy atom. The first kappa shape index (κ1) is 14.9. The third kappa shape index (κ3) is 4.93. The maximum absolute atomic E-state index is 13.2. The number of amides is 1.